The zero-order valence-corrected chi connectivity index (χ0v) is 15.5. The molecule has 4 aromatic rings. The number of nitrogens with zero attached hydrogens (tertiary/aromatic N) is 3. The first-order valence-corrected chi connectivity index (χ1v) is 8.90. The van der Waals surface area contributed by atoms with Gasteiger partial charge in [0.15, 0.2) is 0 Å². The van der Waals surface area contributed by atoms with Crippen LogP contribution in [0.5, 0.6) is 0 Å². The van der Waals surface area contributed by atoms with Crippen LogP contribution in [0.2, 0.25) is 0 Å². The fraction of sp³-hybridized carbons (Fsp3) is 0.333. The minimum atomic E-state index is 0.387. The van der Waals surface area contributed by atoms with Crippen molar-refractivity contribution in [1.82, 2.24) is 19.5 Å². The molecule has 4 nitrogen and oxygen atoms in total. The van der Waals surface area contributed by atoms with Crippen LogP contribution < -0.4 is 0 Å². The summed E-state index contributed by atoms with van der Waals surface area (Å²) in [5.74, 6) is 2.91. The molecule has 25 heavy (non-hydrogen) atoms. The van der Waals surface area contributed by atoms with E-state index < -0.39 is 0 Å². The van der Waals surface area contributed by atoms with Crippen LogP contribution in [0.15, 0.2) is 36.4 Å². The van der Waals surface area contributed by atoms with E-state index in [-0.39, 0.29) is 0 Å². The van der Waals surface area contributed by atoms with Gasteiger partial charge in [-0.2, -0.15) is 0 Å². The van der Waals surface area contributed by atoms with Crippen LogP contribution in [0.4, 0.5) is 0 Å². The van der Waals surface area contributed by atoms with Crippen LogP contribution in [0.1, 0.15) is 50.9 Å². The number of hydrogen-bond donors (Lipinski definition) is 1. The van der Waals surface area contributed by atoms with Gasteiger partial charge in [-0.15, -0.1) is 0 Å². The largest absolute Gasteiger partial charge is 0.342 e. The number of rotatable bonds is 3. The third-order valence-electron chi connectivity index (χ3n) is 4.86. The third kappa shape index (κ3) is 2.62. The fourth-order valence-corrected chi connectivity index (χ4v) is 3.28. The van der Waals surface area contributed by atoms with Gasteiger partial charge in [-0.3, -0.25) is 0 Å². The first-order chi connectivity index (χ1) is 11.9. The SMILES string of the molecule is CC(C)c1cccc(-c2nc3cc4[nH]c(C(C)C)nc4cc3n2C)c1. The average Bonchev–Trinajstić information content (AvgIpc) is 3.14. The lowest BCUT2D eigenvalue weighted by molar-refractivity contribution is 0.799. The molecule has 0 unspecified atom stereocenters. The lowest BCUT2D eigenvalue weighted by Crippen LogP contribution is -1.94. The highest BCUT2D eigenvalue weighted by atomic mass is 15.1. The van der Waals surface area contributed by atoms with E-state index in [1.807, 2.05) is 0 Å². The summed E-state index contributed by atoms with van der Waals surface area (Å²) < 4.78 is 2.16. The van der Waals surface area contributed by atoms with Gasteiger partial charge in [0.2, 0.25) is 0 Å². The van der Waals surface area contributed by atoms with Crippen LogP contribution in [-0.2, 0) is 7.05 Å². The van der Waals surface area contributed by atoms with E-state index in [1.54, 1.807) is 0 Å². The summed E-state index contributed by atoms with van der Waals surface area (Å²) in [5.41, 5.74) is 6.65. The van der Waals surface area contributed by atoms with Crippen LogP contribution in [0, 0.1) is 0 Å². The number of imidazole rings is 2. The normalized spacial score (nSPS) is 12.1. The van der Waals surface area contributed by atoms with Gasteiger partial charge >= 0.3 is 0 Å². The Morgan fingerprint density at radius 1 is 0.920 bits per heavy atom. The summed E-state index contributed by atoms with van der Waals surface area (Å²) in [7, 11) is 2.08. The zero-order valence-electron chi connectivity index (χ0n) is 15.5. The number of aryl methyl sites for hydroxylation is 1. The van der Waals surface area contributed by atoms with Crippen molar-refractivity contribution in [3.05, 3.63) is 47.8 Å². The summed E-state index contributed by atoms with van der Waals surface area (Å²) in [5, 5.41) is 0. The predicted molar refractivity (Wildman–Crippen MR) is 104 cm³/mol. The minimum Gasteiger partial charge on any atom is -0.342 e. The van der Waals surface area contributed by atoms with Crippen LogP contribution in [-0.4, -0.2) is 19.5 Å². The smallest absolute Gasteiger partial charge is 0.140 e. The fourth-order valence-electron chi connectivity index (χ4n) is 3.28. The maximum Gasteiger partial charge on any atom is 0.140 e. The quantitative estimate of drug-likeness (QED) is 0.548. The number of benzene rings is 2. The summed E-state index contributed by atoms with van der Waals surface area (Å²) >= 11 is 0. The maximum atomic E-state index is 4.90. The van der Waals surface area contributed by atoms with Crippen molar-refractivity contribution in [3.8, 4) is 11.4 Å². The molecule has 0 aliphatic rings. The Hall–Kier alpha value is -2.62. The molecule has 0 saturated carbocycles. The van der Waals surface area contributed by atoms with Crippen molar-refractivity contribution >= 4 is 22.1 Å². The van der Waals surface area contributed by atoms with E-state index in [0.717, 1.165) is 39.3 Å². The van der Waals surface area contributed by atoms with Gasteiger partial charge in [0.1, 0.15) is 11.6 Å². The lowest BCUT2D eigenvalue weighted by atomic mass is 10.0. The molecule has 0 aliphatic carbocycles. The first kappa shape index (κ1) is 15.9. The average molecular weight is 332 g/mol. The number of fused-ring (bicyclic) bond motifs is 2. The van der Waals surface area contributed by atoms with Crippen LogP contribution in [0.25, 0.3) is 33.5 Å². The summed E-state index contributed by atoms with van der Waals surface area (Å²) in [6.07, 6.45) is 0. The molecular weight excluding hydrogens is 308 g/mol. The molecule has 4 heteroatoms. The number of aromatic amines is 1. The van der Waals surface area contributed by atoms with Crippen molar-refractivity contribution in [1.29, 1.82) is 0 Å². The van der Waals surface area contributed by atoms with Crippen LogP contribution in [0.3, 0.4) is 0 Å². The first-order valence-electron chi connectivity index (χ1n) is 8.90. The van der Waals surface area contributed by atoms with Gasteiger partial charge in [-0.05, 0) is 29.7 Å². The number of aromatic nitrogens is 4. The van der Waals surface area contributed by atoms with Gasteiger partial charge in [0.05, 0.1) is 22.1 Å². The topological polar surface area (TPSA) is 46.5 Å². The second kappa shape index (κ2) is 5.73. The highest BCUT2D eigenvalue weighted by Crippen LogP contribution is 2.29. The molecule has 0 atom stereocenters. The molecule has 128 valence electrons. The Balaban J connectivity index is 1.89. The molecule has 0 saturated heterocycles. The molecule has 2 aromatic heterocycles. The lowest BCUT2D eigenvalue weighted by Gasteiger charge is -2.08. The number of H-pyrrole nitrogens is 1. The van der Waals surface area contributed by atoms with Crippen molar-refractivity contribution < 1.29 is 0 Å². The molecule has 4 rings (SSSR count). The Kier molecular flexibility index (Phi) is 3.64. The predicted octanol–water partition coefficient (Wildman–Crippen LogP) is 5.36. The summed E-state index contributed by atoms with van der Waals surface area (Å²) in [6.45, 7) is 8.73. The molecule has 0 aliphatic heterocycles. The standard InChI is InChI=1S/C21H24N4/c1-12(2)14-7-6-8-15(9-14)21-24-18-10-16-17(11-19(18)25(21)5)23-20(22-16)13(3)4/h6-13H,1-5H3,(H,22,23). The van der Waals surface area contributed by atoms with Gasteiger partial charge in [0.25, 0.3) is 0 Å². The Labute approximate surface area is 147 Å². The minimum absolute atomic E-state index is 0.387. The van der Waals surface area contributed by atoms with E-state index in [9.17, 15) is 0 Å². The molecule has 0 radical (unpaired) electrons. The molecule has 0 amide bonds. The Morgan fingerprint density at radius 3 is 2.44 bits per heavy atom. The molecular formula is C21H24N4. The molecule has 2 heterocycles. The number of nitrogens with one attached hydrogen (secondary N) is 1. The van der Waals surface area contributed by atoms with E-state index in [2.05, 4.69) is 80.7 Å². The summed E-state index contributed by atoms with van der Waals surface area (Å²) in [6, 6.07) is 12.9. The molecule has 1 N–H and O–H groups in total. The maximum absolute atomic E-state index is 4.90. The van der Waals surface area contributed by atoms with Gasteiger partial charge < -0.3 is 9.55 Å². The molecule has 0 bridgehead atoms. The van der Waals surface area contributed by atoms with Gasteiger partial charge in [-0.25, -0.2) is 9.97 Å². The van der Waals surface area contributed by atoms with E-state index in [0.29, 0.717) is 11.8 Å². The summed E-state index contributed by atoms with van der Waals surface area (Å²) in [4.78, 5) is 13.0. The third-order valence-corrected chi connectivity index (χ3v) is 4.86. The second-order valence-corrected chi connectivity index (χ2v) is 7.41. The Bertz CT molecular complexity index is 1070. The Morgan fingerprint density at radius 2 is 1.72 bits per heavy atom. The second-order valence-electron chi connectivity index (χ2n) is 7.41. The highest BCUT2D eigenvalue weighted by Gasteiger charge is 2.14. The molecule has 0 spiro atoms. The van der Waals surface area contributed by atoms with Gasteiger partial charge in [0, 0.05) is 18.5 Å². The van der Waals surface area contributed by atoms with Crippen molar-refractivity contribution in [2.24, 2.45) is 7.05 Å². The van der Waals surface area contributed by atoms with Crippen LogP contribution >= 0.6 is 0 Å². The number of hydrogen-bond acceptors (Lipinski definition) is 2. The van der Waals surface area contributed by atoms with Gasteiger partial charge in [-0.1, -0.05) is 45.9 Å². The monoisotopic (exact) mass is 332 g/mol. The van der Waals surface area contributed by atoms with E-state index >= 15 is 0 Å². The van der Waals surface area contributed by atoms with Crippen molar-refractivity contribution in [2.45, 2.75) is 39.5 Å². The highest BCUT2D eigenvalue weighted by molar-refractivity contribution is 5.93. The van der Waals surface area contributed by atoms with Crippen molar-refractivity contribution in [2.75, 3.05) is 0 Å². The zero-order chi connectivity index (χ0) is 17.7. The van der Waals surface area contributed by atoms with E-state index in [1.165, 1.54) is 5.56 Å². The molecule has 2 aromatic carbocycles. The van der Waals surface area contributed by atoms with Crippen molar-refractivity contribution in [3.63, 3.8) is 0 Å². The molecule has 0 fully saturated rings. The van der Waals surface area contributed by atoms with E-state index in [4.69, 9.17) is 9.97 Å².